The predicted molar refractivity (Wildman–Crippen MR) is 102 cm³/mol. The summed E-state index contributed by atoms with van der Waals surface area (Å²) in [4.78, 5) is 24.5. The van der Waals surface area contributed by atoms with Crippen molar-refractivity contribution < 1.29 is 4.74 Å². The summed E-state index contributed by atoms with van der Waals surface area (Å²) in [5.41, 5.74) is -0.556. The first-order valence-electron chi connectivity index (χ1n) is 9.43. The fraction of sp³-hybridized carbons (Fsp3) is 0.789. The Morgan fingerprint density at radius 1 is 0.826 bits per heavy atom. The molecule has 4 heteroatoms. The fourth-order valence-corrected chi connectivity index (χ4v) is 20.2. The van der Waals surface area contributed by atoms with Gasteiger partial charge in [0, 0.05) is 0 Å². The SMILES string of the molecule is CCC[CH2][Sn]([CH2]CCC)([CH2]CCC)[c]1c(OC(C)C)c(=O)c1=O. The summed E-state index contributed by atoms with van der Waals surface area (Å²) >= 11 is -2.83. The van der Waals surface area contributed by atoms with Crippen LogP contribution in [0.4, 0.5) is 0 Å². The van der Waals surface area contributed by atoms with Crippen LogP contribution in [-0.4, -0.2) is 24.5 Å². The van der Waals surface area contributed by atoms with E-state index in [0.29, 0.717) is 5.75 Å². The number of hydrogen-bond acceptors (Lipinski definition) is 3. The van der Waals surface area contributed by atoms with Crippen LogP contribution in [0.5, 0.6) is 5.75 Å². The standard InChI is InChI=1S/C7H7O3.3C4H9.Sn/c1-4(2)10-6-3-5(8)7(6)9;3*1-3-4-2;/h4H,1-2H3;3*1,3-4H2,2H3;. The van der Waals surface area contributed by atoms with Gasteiger partial charge in [0.15, 0.2) is 0 Å². The molecular formula is C19H34O3Sn. The van der Waals surface area contributed by atoms with E-state index in [-0.39, 0.29) is 17.0 Å². The van der Waals surface area contributed by atoms with Crippen LogP contribution in [0.2, 0.25) is 13.3 Å². The second-order valence-corrected chi connectivity index (χ2v) is 20.1. The Morgan fingerprint density at radius 2 is 1.26 bits per heavy atom. The van der Waals surface area contributed by atoms with Gasteiger partial charge < -0.3 is 0 Å². The Morgan fingerprint density at radius 3 is 1.61 bits per heavy atom. The average molecular weight is 429 g/mol. The molecule has 0 radical (unpaired) electrons. The third-order valence-electron chi connectivity index (χ3n) is 4.78. The van der Waals surface area contributed by atoms with Crippen LogP contribution in [0.25, 0.3) is 0 Å². The fourth-order valence-electron chi connectivity index (χ4n) is 3.50. The van der Waals surface area contributed by atoms with E-state index >= 15 is 0 Å². The van der Waals surface area contributed by atoms with Crippen LogP contribution in [0.15, 0.2) is 9.59 Å². The molecule has 0 aromatic heterocycles. The van der Waals surface area contributed by atoms with E-state index in [1.165, 1.54) is 32.6 Å². The van der Waals surface area contributed by atoms with Crippen molar-refractivity contribution in [3.8, 4) is 5.75 Å². The monoisotopic (exact) mass is 430 g/mol. The summed E-state index contributed by atoms with van der Waals surface area (Å²) in [5, 5.41) is 0. The predicted octanol–water partition coefficient (Wildman–Crippen LogP) is 4.13. The first-order valence-corrected chi connectivity index (χ1v) is 16.9. The van der Waals surface area contributed by atoms with Crippen molar-refractivity contribution in [2.24, 2.45) is 0 Å². The maximum absolute atomic E-state index is 12.5. The van der Waals surface area contributed by atoms with E-state index in [4.69, 9.17) is 4.74 Å². The van der Waals surface area contributed by atoms with Gasteiger partial charge in [-0.3, -0.25) is 0 Å². The molecule has 1 aromatic rings. The Labute approximate surface area is 145 Å². The van der Waals surface area contributed by atoms with Crippen molar-refractivity contribution in [1.29, 1.82) is 0 Å². The zero-order valence-corrected chi connectivity index (χ0v) is 18.5. The molecule has 0 saturated heterocycles. The molecule has 0 aliphatic carbocycles. The quantitative estimate of drug-likeness (QED) is 0.371. The molecule has 0 unspecified atom stereocenters. The molecular weight excluding hydrogens is 395 g/mol. The summed E-state index contributed by atoms with van der Waals surface area (Å²) in [6, 6.07) is 0. The number of unbranched alkanes of at least 4 members (excludes halogenated alkanes) is 3. The molecule has 0 heterocycles. The van der Waals surface area contributed by atoms with Crippen LogP contribution >= 0.6 is 0 Å². The first kappa shape index (κ1) is 20.7. The molecule has 1 aromatic carbocycles. The van der Waals surface area contributed by atoms with Crippen LogP contribution in [-0.2, 0) is 0 Å². The number of ether oxygens (including phenoxy) is 1. The molecule has 132 valence electrons. The third-order valence-corrected chi connectivity index (χ3v) is 20.3. The topological polar surface area (TPSA) is 43.4 Å². The molecule has 3 nitrogen and oxygen atoms in total. The Kier molecular flexibility index (Phi) is 8.87. The van der Waals surface area contributed by atoms with E-state index in [1.54, 1.807) is 0 Å². The van der Waals surface area contributed by atoms with Crippen LogP contribution < -0.4 is 19.2 Å². The number of hydrogen-bond donors (Lipinski definition) is 0. The number of rotatable bonds is 12. The van der Waals surface area contributed by atoms with E-state index in [2.05, 4.69) is 20.8 Å². The molecule has 0 fully saturated rings. The van der Waals surface area contributed by atoms with Crippen molar-refractivity contribution >= 4 is 22.0 Å². The summed E-state index contributed by atoms with van der Waals surface area (Å²) in [6.45, 7) is 10.5. The molecule has 0 saturated carbocycles. The summed E-state index contributed by atoms with van der Waals surface area (Å²) < 4.78 is 10.3. The molecule has 0 N–H and O–H groups in total. The molecule has 0 amide bonds. The Bertz CT molecular complexity index is 519. The van der Waals surface area contributed by atoms with Gasteiger partial charge in [0.05, 0.1) is 0 Å². The van der Waals surface area contributed by atoms with Gasteiger partial charge in [-0.05, 0) is 0 Å². The zero-order valence-electron chi connectivity index (χ0n) is 15.7. The summed E-state index contributed by atoms with van der Waals surface area (Å²) in [5.74, 6) is 0.462. The Hall–Kier alpha value is -0.321. The van der Waals surface area contributed by atoms with E-state index in [0.717, 1.165) is 22.8 Å². The molecule has 0 aliphatic rings. The Balaban J connectivity index is 3.27. The first-order chi connectivity index (χ1) is 10.9. The molecule has 0 atom stereocenters. The molecule has 1 rings (SSSR count). The molecule has 0 aliphatic heterocycles. The zero-order chi connectivity index (χ0) is 17.5. The van der Waals surface area contributed by atoms with Gasteiger partial charge in [-0.1, -0.05) is 0 Å². The van der Waals surface area contributed by atoms with E-state index in [9.17, 15) is 9.59 Å². The maximum atomic E-state index is 12.5. The van der Waals surface area contributed by atoms with Crippen molar-refractivity contribution in [2.75, 3.05) is 0 Å². The van der Waals surface area contributed by atoms with Crippen molar-refractivity contribution in [3.05, 3.63) is 20.4 Å². The van der Waals surface area contributed by atoms with Crippen molar-refractivity contribution in [1.82, 2.24) is 0 Å². The summed E-state index contributed by atoms with van der Waals surface area (Å²) in [7, 11) is 0. The van der Waals surface area contributed by atoms with Gasteiger partial charge in [-0.2, -0.15) is 0 Å². The van der Waals surface area contributed by atoms with Gasteiger partial charge >= 0.3 is 145 Å². The molecule has 0 spiro atoms. The third kappa shape index (κ3) is 5.07. The molecule has 23 heavy (non-hydrogen) atoms. The minimum absolute atomic E-state index is 0.0374. The van der Waals surface area contributed by atoms with Gasteiger partial charge in [-0.15, -0.1) is 0 Å². The van der Waals surface area contributed by atoms with E-state index in [1.807, 2.05) is 13.8 Å². The van der Waals surface area contributed by atoms with Gasteiger partial charge in [0.1, 0.15) is 0 Å². The van der Waals surface area contributed by atoms with Crippen LogP contribution in [0.1, 0.15) is 73.1 Å². The van der Waals surface area contributed by atoms with Gasteiger partial charge in [0.2, 0.25) is 0 Å². The minimum atomic E-state index is -2.83. The second kappa shape index (κ2) is 9.85. The second-order valence-electron chi connectivity index (χ2n) is 7.12. The van der Waals surface area contributed by atoms with Crippen LogP contribution in [0.3, 0.4) is 0 Å². The molecule has 0 bridgehead atoms. The average Bonchev–Trinajstić information content (AvgIpc) is 2.54. The van der Waals surface area contributed by atoms with E-state index < -0.39 is 18.4 Å². The van der Waals surface area contributed by atoms with Gasteiger partial charge in [-0.25, -0.2) is 0 Å². The van der Waals surface area contributed by atoms with Crippen molar-refractivity contribution in [2.45, 2.75) is 92.6 Å². The van der Waals surface area contributed by atoms with Crippen molar-refractivity contribution in [3.63, 3.8) is 0 Å². The van der Waals surface area contributed by atoms with Gasteiger partial charge in [0.25, 0.3) is 0 Å². The van der Waals surface area contributed by atoms with Crippen LogP contribution in [0, 0.1) is 0 Å². The summed E-state index contributed by atoms with van der Waals surface area (Å²) in [6.07, 6.45) is 6.99. The normalized spacial score (nSPS) is 12.3.